The van der Waals surface area contributed by atoms with Gasteiger partial charge in [-0.2, -0.15) is 13.2 Å². The highest BCUT2D eigenvalue weighted by molar-refractivity contribution is 5.79. The highest BCUT2D eigenvalue weighted by atomic mass is 19.4. The molecule has 0 fully saturated rings. The van der Waals surface area contributed by atoms with Crippen molar-refractivity contribution in [2.75, 3.05) is 5.32 Å². The van der Waals surface area contributed by atoms with Crippen LogP contribution in [0.5, 0.6) is 11.6 Å². The number of fused-ring (bicyclic) bond motifs is 1. The third-order valence-corrected chi connectivity index (χ3v) is 6.66. The molecule has 3 aromatic carbocycles. The average Bonchev–Trinajstić information content (AvgIpc) is 3.34. The average molecular weight is 561 g/mol. The molecule has 212 valence electrons. The van der Waals surface area contributed by atoms with Gasteiger partial charge in [-0.3, -0.25) is 0 Å². The van der Waals surface area contributed by atoms with Crippen molar-refractivity contribution in [3.05, 3.63) is 107 Å². The monoisotopic (exact) mass is 560 g/mol. The summed E-state index contributed by atoms with van der Waals surface area (Å²) in [5, 5.41) is 3.28. The van der Waals surface area contributed by atoms with Gasteiger partial charge in [-0.05, 0) is 65.9 Å². The van der Waals surface area contributed by atoms with Crippen molar-refractivity contribution in [1.29, 1.82) is 0 Å². The highest BCUT2D eigenvalue weighted by Gasteiger charge is 2.30. The van der Waals surface area contributed by atoms with E-state index in [-0.39, 0.29) is 18.1 Å². The maximum Gasteiger partial charge on any atom is 0.416 e. The van der Waals surface area contributed by atoms with Gasteiger partial charge in [-0.25, -0.2) is 9.97 Å². The second-order valence-corrected chi connectivity index (χ2v) is 10.8. The van der Waals surface area contributed by atoms with E-state index in [1.165, 1.54) is 6.07 Å². The molecule has 0 aliphatic carbocycles. The van der Waals surface area contributed by atoms with Gasteiger partial charge in [-0.15, -0.1) is 0 Å². The summed E-state index contributed by atoms with van der Waals surface area (Å²) in [6, 6.07) is 22.4. The number of ether oxygens (including phenoxy) is 2. The van der Waals surface area contributed by atoms with Gasteiger partial charge in [-0.1, -0.05) is 57.2 Å². The van der Waals surface area contributed by atoms with E-state index in [1.54, 1.807) is 12.3 Å². The van der Waals surface area contributed by atoms with Gasteiger partial charge in [0.15, 0.2) is 0 Å². The maximum atomic E-state index is 13.0. The minimum atomic E-state index is -4.39. The third-order valence-electron chi connectivity index (χ3n) is 6.66. The number of aromatic amines is 1. The minimum Gasteiger partial charge on any atom is -0.437 e. The predicted octanol–water partition coefficient (Wildman–Crippen LogP) is 9.09. The molecule has 6 nitrogen and oxygen atoms in total. The van der Waals surface area contributed by atoms with Gasteiger partial charge in [0.25, 0.3) is 0 Å². The summed E-state index contributed by atoms with van der Waals surface area (Å²) in [6.45, 7) is 8.31. The number of H-pyrrole nitrogens is 1. The molecule has 1 unspecified atom stereocenters. The third kappa shape index (κ3) is 6.69. The maximum absolute atomic E-state index is 13.0. The SMILES string of the molecule is CC(OCc1cccc(C(F)(F)F)c1)c1ccc2nc(Nc3cccnc3Oc3ccccc3C(C)(C)C)[nH]c2c1. The van der Waals surface area contributed by atoms with Crippen LogP contribution in [-0.2, 0) is 22.9 Å². The molecule has 0 bridgehead atoms. The Morgan fingerprint density at radius 1 is 0.927 bits per heavy atom. The van der Waals surface area contributed by atoms with Crippen molar-refractivity contribution < 1.29 is 22.6 Å². The van der Waals surface area contributed by atoms with Crippen LogP contribution in [0.3, 0.4) is 0 Å². The number of alkyl halides is 3. The van der Waals surface area contributed by atoms with Crippen molar-refractivity contribution in [3.8, 4) is 11.6 Å². The second kappa shape index (κ2) is 11.2. The minimum absolute atomic E-state index is 0.0566. The Kier molecular flexibility index (Phi) is 7.73. The molecular formula is C32H31F3N4O2. The van der Waals surface area contributed by atoms with Crippen LogP contribution in [-0.4, -0.2) is 15.0 Å². The Balaban J connectivity index is 1.31. The van der Waals surface area contributed by atoms with Gasteiger partial charge in [0.2, 0.25) is 11.8 Å². The molecule has 41 heavy (non-hydrogen) atoms. The van der Waals surface area contributed by atoms with Gasteiger partial charge in [0.05, 0.1) is 29.3 Å². The molecule has 0 aliphatic heterocycles. The first-order valence-electron chi connectivity index (χ1n) is 13.2. The molecular weight excluding hydrogens is 529 g/mol. The summed E-state index contributed by atoms with van der Waals surface area (Å²) < 4.78 is 51.3. The predicted molar refractivity (Wildman–Crippen MR) is 153 cm³/mol. The van der Waals surface area contributed by atoms with Crippen molar-refractivity contribution >= 4 is 22.7 Å². The summed E-state index contributed by atoms with van der Waals surface area (Å²) in [4.78, 5) is 12.4. The summed E-state index contributed by atoms with van der Waals surface area (Å²) in [6.07, 6.45) is -3.07. The lowest BCUT2D eigenvalue weighted by Gasteiger charge is -2.22. The van der Waals surface area contributed by atoms with E-state index >= 15 is 0 Å². The summed E-state index contributed by atoms with van der Waals surface area (Å²) in [5.41, 5.74) is 3.76. The van der Waals surface area contributed by atoms with Crippen LogP contribution in [0, 0.1) is 0 Å². The molecule has 2 heterocycles. The summed E-state index contributed by atoms with van der Waals surface area (Å²) >= 11 is 0. The Hall–Kier alpha value is -4.37. The zero-order valence-corrected chi connectivity index (χ0v) is 23.2. The fourth-order valence-corrected chi connectivity index (χ4v) is 4.47. The standard InChI is InChI=1S/C32H31F3N4O2/c1-20(40-19-21-9-7-10-23(17-21)32(33,34)35)22-14-15-25-27(18-22)39-30(37-25)38-26-12-8-16-36-29(26)41-28-13-6-5-11-24(28)31(2,3)4/h5-18,20H,19H2,1-4H3,(H2,37,38,39). The van der Waals surface area contributed by atoms with E-state index in [9.17, 15) is 13.2 Å². The summed E-state index contributed by atoms with van der Waals surface area (Å²) in [5.74, 6) is 1.66. The van der Waals surface area contributed by atoms with Crippen LogP contribution in [0.1, 0.15) is 56.1 Å². The Bertz CT molecular complexity index is 1660. The number of hydrogen-bond acceptors (Lipinski definition) is 5. The van der Waals surface area contributed by atoms with Gasteiger partial charge in [0.1, 0.15) is 11.4 Å². The normalized spacial score (nSPS) is 12.9. The molecule has 5 aromatic rings. The first kappa shape index (κ1) is 28.2. The van der Waals surface area contributed by atoms with Crippen molar-refractivity contribution in [3.63, 3.8) is 0 Å². The molecule has 2 aromatic heterocycles. The van der Waals surface area contributed by atoms with Crippen LogP contribution in [0.15, 0.2) is 85.1 Å². The molecule has 1 atom stereocenters. The van der Waals surface area contributed by atoms with E-state index in [4.69, 9.17) is 9.47 Å². The first-order chi connectivity index (χ1) is 19.5. The molecule has 0 saturated carbocycles. The topological polar surface area (TPSA) is 72.1 Å². The number of aromatic nitrogens is 3. The Morgan fingerprint density at radius 2 is 1.73 bits per heavy atom. The Labute approximate surface area is 236 Å². The molecule has 0 radical (unpaired) electrons. The number of anilines is 2. The molecule has 5 rings (SSSR count). The van der Waals surface area contributed by atoms with Crippen LogP contribution in [0.2, 0.25) is 0 Å². The molecule has 9 heteroatoms. The van der Waals surface area contributed by atoms with Gasteiger partial charge >= 0.3 is 6.18 Å². The fourth-order valence-electron chi connectivity index (χ4n) is 4.47. The zero-order chi connectivity index (χ0) is 29.2. The number of halogens is 3. The molecule has 0 spiro atoms. The fraction of sp³-hybridized carbons (Fsp3) is 0.250. The van der Waals surface area contributed by atoms with E-state index in [1.807, 2.05) is 61.5 Å². The van der Waals surface area contributed by atoms with Crippen molar-refractivity contribution in [2.24, 2.45) is 0 Å². The Morgan fingerprint density at radius 3 is 2.51 bits per heavy atom. The van der Waals surface area contributed by atoms with Gasteiger partial charge < -0.3 is 19.8 Å². The number of hydrogen-bond donors (Lipinski definition) is 2. The largest absolute Gasteiger partial charge is 0.437 e. The van der Waals surface area contributed by atoms with Crippen LogP contribution in [0.25, 0.3) is 11.0 Å². The van der Waals surface area contributed by atoms with Crippen molar-refractivity contribution in [1.82, 2.24) is 15.0 Å². The van der Waals surface area contributed by atoms with Crippen LogP contribution >= 0.6 is 0 Å². The van der Waals surface area contributed by atoms with E-state index in [0.717, 1.165) is 40.0 Å². The number of imidazole rings is 1. The van der Waals surface area contributed by atoms with Crippen molar-refractivity contribution in [2.45, 2.75) is 52.0 Å². The van der Waals surface area contributed by atoms with E-state index in [2.05, 4.69) is 41.0 Å². The van der Waals surface area contributed by atoms with Crippen LogP contribution in [0.4, 0.5) is 24.8 Å². The smallest absolute Gasteiger partial charge is 0.416 e. The lowest BCUT2D eigenvalue weighted by atomic mass is 9.86. The van der Waals surface area contributed by atoms with E-state index < -0.39 is 11.7 Å². The highest BCUT2D eigenvalue weighted by Crippen LogP contribution is 2.36. The zero-order valence-electron chi connectivity index (χ0n) is 23.2. The number of nitrogens with one attached hydrogen (secondary N) is 2. The second-order valence-electron chi connectivity index (χ2n) is 10.8. The number of benzene rings is 3. The first-order valence-corrected chi connectivity index (χ1v) is 13.2. The molecule has 2 N–H and O–H groups in total. The van der Waals surface area contributed by atoms with Gasteiger partial charge in [0, 0.05) is 11.8 Å². The number of pyridine rings is 1. The van der Waals surface area contributed by atoms with E-state index in [0.29, 0.717) is 23.1 Å². The van der Waals surface area contributed by atoms with Crippen LogP contribution < -0.4 is 10.1 Å². The molecule has 0 saturated heterocycles. The molecule has 0 amide bonds. The quantitative estimate of drug-likeness (QED) is 0.198. The number of para-hydroxylation sites is 1. The lowest BCUT2D eigenvalue weighted by Crippen LogP contribution is -2.12. The number of nitrogens with zero attached hydrogens (tertiary/aromatic N) is 2. The lowest BCUT2D eigenvalue weighted by molar-refractivity contribution is -0.137. The summed E-state index contributed by atoms with van der Waals surface area (Å²) in [7, 11) is 0. The number of rotatable bonds is 8. The molecule has 0 aliphatic rings.